The molecule has 8 nitrogen and oxygen atoms in total. The lowest BCUT2D eigenvalue weighted by Crippen LogP contribution is -2.39. The number of nitro groups is 1. The summed E-state index contributed by atoms with van der Waals surface area (Å²) in [4.78, 5) is 21.8. The van der Waals surface area contributed by atoms with Gasteiger partial charge in [0.2, 0.25) is 0 Å². The van der Waals surface area contributed by atoms with Gasteiger partial charge in [0.1, 0.15) is 17.8 Å². The molecule has 2 atom stereocenters. The van der Waals surface area contributed by atoms with Crippen molar-refractivity contribution in [1.29, 1.82) is 0 Å². The van der Waals surface area contributed by atoms with Crippen molar-refractivity contribution in [3.8, 4) is 0 Å². The monoisotopic (exact) mass is 346 g/mol. The van der Waals surface area contributed by atoms with Crippen LogP contribution in [-0.2, 0) is 4.74 Å². The number of halogens is 1. The molecule has 0 bridgehead atoms. The Morgan fingerprint density at radius 3 is 2.57 bits per heavy atom. The van der Waals surface area contributed by atoms with E-state index in [1.165, 1.54) is 12.1 Å². The number of rotatable bonds is 5. The fraction of sp³-hybridized carbons (Fsp3) is 0.500. The van der Waals surface area contributed by atoms with E-state index in [4.69, 9.17) is 16.3 Å². The molecule has 0 radical (unpaired) electrons. The highest BCUT2D eigenvalue weighted by atomic mass is 35.5. The fourth-order valence-electron chi connectivity index (χ4n) is 1.75. The lowest BCUT2D eigenvalue weighted by molar-refractivity contribution is -0.386. The standard InChI is InChI=1S/C14H19ClN2O6/c1-14(2,3)23-13(20)16-7-11(18)12(19)9-5-4-8(15)6-10(9)17(21)22/h4-6,11-12,18-19H,7H2,1-3H3,(H,16,20). The van der Waals surface area contributed by atoms with Crippen molar-refractivity contribution in [1.82, 2.24) is 5.32 Å². The Morgan fingerprint density at radius 1 is 1.43 bits per heavy atom. The molecule has 0 aliphatic carbocycles. The second-order valence-corrected chi connectivity index (χ2v) is 6.29. The van der Waals surface area contributed by atoms with E-state index in [0.717, 1.165) is 6.07 Å². The number of hydrogen-bond donors (Lipinski definition) is 3. The molecule has 128 valence electrons. The molecule has 0 spiro atoms. The quantitative estimate of drug-likeness (QED) is 0.554. The van der Waals surface area contributed by atoms with Crippen LogP contribution in [0.3, 0.4) is 0 Å². The van der Waals surface area contributed by atoms with Crippen molar-refractivity contribution in [2.75, 3.05) is 6.54 Å². The molecule has 0 saturated carbocycles. The summed E-state index contributed by atoms with van der Waals surface area (Å²) in [6.45, 7) is 4.69. The molecule has 23 heavy (non-hydrogen) atoms. The number of hydrogen-bond acceptors (Lipinski definition) is 6. The topological polar surface area (TPSA) is 122 Å². The Morgan fingerprint density at radius 2 is 2.04 bits per heavy atom. The number of nitrogens with zero attached hydrogens (tertiary/aromatic N) is 1. The van der Waals surface area contributed by atoms with E-state index in [1.807, 2.05) is 0 Å². The maximum Gasteiger partial charge on any atom is 0.407 e. The number of nitro benzene ring substituents is 1. The highest BCUT2D eigenvalue weighted by molar-refractivity contribution is 6.30. The predicted molar refractivity (Wildman–Crippen MR) is 83.3 cm³/mol. The van der Waals surface area contributed by atoms with Crippen LogP contribution in [0, 0.1) is 10.1 Å². The Bertz CT molecular complexity index is 587. The molecule has 0 aliphatic rings. The van der Waals surface area contributed by atoms with Crippen LogP contribution in [-0.4, -0.2) is 39.5 Å². The van der Waals surface area contributed by atoms with Crippen molar-refractivity contribution in [3.05, 3.63) is 38.9 Å². The maximum absolute atomic E-state index is 11.5. The van der Waals surface area contributed by atoms with Gasteiger partial charge in [-0.25, -0.2) is 4.79 Å². The highest BCUT2D eigenvalue weighted by Gasteiger charge is 2.27. The summed E-state index contributed by atoms with van der Waals surface area (Å²) in [5.74, 6) is 0. The SMILES string of the molecule is CC(C)(C)OC(=O)NCC(O)C(O)c1ccc(Cl)cc1[N+](=O)[O-]. The van der Waals surface area contributed by atoms with Gasteiger partial charge in [0.05, 0.1) is 10.5 Å². The smallest absolute Gasteiger partial charge is 0.407 e. The molecule has 0 aromatic heterocycles. The first-order chi connectivity index (χ1) is 10.5. The van der Waals surface area contributed by atoms with Gasteiger partial charge in [-0.2, -0.15) is 0 Å². The number of aliphatic hydroxyl groups excluding tert-OH is 2. The third-order valence-corrected chi connectivity index (χ3v) is 2.96. The van der Waals surface area contributed by atoms with E-state index < -0.39 is 34.5 Å². The minimum absolute atomic E-state index is 0.0992. The number of amides is 1. The van der Waals surface area contributed by atoms with Gasteiger partial charge in [-0.3, -0.25) is 10.1 Å². The molecule has 1 rings (SSSR count). The molecule has 1 amide bonds. The molecule has 1 aromatic rings. The second kappa shape index (κ2) is 7.58. The van der Waals surface area contributed by atoms with Gasteiger partial charge >= 0.3 is 6.09 Å². The zero-order chi connectivity index (χ0) is 17.8. The average molecular weight is 347 g/mol. The first-order valence-electron chi connectivity index (χ1n) is 6.78. The second-order valence-electron chi connectivity index (χ2n) is 5.86. The van der Waals surface area contributed by atoms with Crippen LogP contribution < -0.4 is 5.32 Å². The maximum atomic E-state index is 11.5. The number of aliphatic hydroxyl groups is 2. The third-order valence-electron chi connectivity index (χ3n) is 2.73. The predicted octanol–water partition coefficient (Wildman–Crippen LogP) is 2.17. The Kier molecular flexibility index (Phi) is 6.31. The summed E-state index contributed by atoms with van der Waals surface area (Å²) in [5, 5.41) is 33.4. The minimum atomic E-state index is -1.57. The number of benzene rings is 1. The number of ether oxygens (including phenoxy) is 1. The number of carbonyl (C=O) groups excluding carboxylic acids is 1. The van der Waals surface area contributed by atoms with Crippen LogP contribution >= 0.6 is 11.6 Å². The molecule has 0 fully saturated rings. The molecule has 0 aliphatic heterocycles. The van der Waals surface area contributed by atoms with Gasteiger partial charge in [0, 0.05) is 17.6 Å². The summed E-state index contributed by atoms with van der Waals surface area (Å²) in [6, 6.07) is 3.69. The zero-order valence-corrected chi connectivity index (χ0v) is 13.7. The zero-order valence-electron chi connectivity index (χ0n) is 12.9. The van der Waals surface area contributed by atoms with E-state index >= 15 is 0 Å². The van der Waals surface area contributed by atoms with Crippen molar-refractivity contribution in [3.63, 3.8) is 0 Å². The van der Waals surface area contributed by atoms with Crippen LogP contribution in [0.5, 0.6) is 0 Å². The average Bonchev–Trinajstić information content (AvgIpc) is 2.42. The summed E-state index contributed by atoms with van der Waals surface area (Å²) >= 11 is 5.69. The number of nitrogens with one attached hydrogen (secondary N) is 1. The van der Waals surface area contributed by atoms with Crippen molar-refractivity contribution in [2.45, 2.75) is 38.6 Å². The van der Waals surface area contributed by atoms with Gasteiger partial charge in [-0.15, -0.1) is 0 Å². The lowest BCUT2D eigenvalue weighted by atomic mass is 10.0. The largest absolute Gasteiger partial charge is 0.444 e. The third kappa shape index (κ3) is 6.01. The molecule has 1 aromatic carbocycles. The summed E-state index contributed by atoms with van der Waals surface area (Å²) in [7, 11) is 0. The van der Waals surface area contributed by atoms with Gasteiger partial charge in [-0.1, -0.05) is 11.6 Å². The summed E-state index contributed by atoms with van der Waals surface area (Å²) < 4.78 is 4.98. The fourth-order valence-corrected chi connectivity index (χ4v) is 1.91. The highest BCUT2D eigenvalue weighted by Crippen LogP contribution is 2.29. The first kappa shape index (κ1) is 19.1. The van der Waals surface area contributed by atoms with Crippen molar-refractivity contribution < 1.29 is 24.7 Å². The summed E-state index contributed by atoms with van der Waals surface area (Å²) in [5.41, 5.74) is -1.22. The van der Waals surface area contributed by atoms with E-state index in [9.17, 15) is 25.1 Å². The van der Waals surface area contributed by atoms with Gasteiger partial charge in [0.15, 0.2) is 0 Å². The molecule has 0 heterocycles. The first-order valence-corrected chi connectivity index (χ1v) is 7.16. The summed E-state index contributed by atoms with van der Waals surface area (Å²) in [6.07, 6.45) is -3.79. The Labute approximate surface area is 138 Å². The van der Waals surface area contributed by atoms with Crippen LogP contribution in [0.1, 0.15) is 32.4 Å². The molecular formula is C14H19ClN2O6. The lowest BCUT2D eigenvalue weighted by Gasteiger charge is -2.22. The van der Waals surface area contributed by atoms with Crippen LogP contribution in [0.4, 0.5) is 10.5 Å². The molecule has 9 heteroatoms. The van der Waals surface area contributed by atoms with Crippen molar-refractivity contribution >= 4 is 23.4 Å². The van der Waals surface area contributed by atoms with Gasteiger partial charge < -0.3 is 20.3 Å². The number of alkyl carbamates (subject to hydrolysis) is 1. The minimum Gasteiger partial charge on any atom is -0.444 e. The van der Waals surface area contributed by atoms with Crippen LogP contribution in [0.2, 0.25) is 5.02 Å². The molecule has 2 unspecified atom stereocenters. The molecule has 3 N–H and O–H groups in total. The normalized spacial score (nSPS) is 14.0. The molecular weight excluding hydrogens is 328 g/mol. The van der Waals surface area contributed by atoms with Crippen LogP contribution in [0.25, 0.3) is 0 Å². The Balaban J connectivity index is 2.76. The van der Waals surface area contributed by atoms with Crippen molar-refractivity contribution in [2.24, 2.45) is 0 Å². The van der Waals surface area contributed by atoms with Gasteiger partial charge in [-0.05, 0) is 32.9 Å². The molecule has 0 saturated heterocycles. The van der Waals surface area contributed by atoms with E-state index in [1.54, 1.807) is 20.8 Å². The van der Waals surface area contributed by atoms with E-state index in [-0.39, 0.29) is 17.1 Å². The Hall–Kier alpha value is -1.90. The van der Waals surface area contributed by atoms with E-state index in [0.29, 0.717) is 0 Å². The number of carbonyl (C=O) groups is 1. The van der Waals surface area contributed by atoms with E-state index in [2.05, 4.69) is 5.32 Å². The van der Waals surface area contributed by atoms with Crippen LogP contribution in [0.15, 0.2) is 18.2 Å². The van der Waals surface area contributed by atoms with Gasteiger partial charge in [0.25, 0.3) is 5.69 Å².